The molecule has 2 nitrogen and oxygen atoms in total. The zero-order chi connectivity index (χ0) is 11.8. The summed E-state index contributed by atoms with van der Waals surface area (Å²) in [5.41, 5.74) is 2.13. The standard InChI is InChI=1S/C14H15FN2/c1-10-5-6-17-13(7-10)9-16-14(17)11-3-2-4-12(15)8-11/h2-4,8-10H,5-7H2,1H3. The fourth-order valence-corrected chi connectivity index (χ4v) is 2.49. The third kappa shape index (κ3) is 1.86. The average Bonchev–Trinajstić information content (AvgIpc) is 2.71. The Morgan fingerprint density at radius 1 is 1.41 bits per heavy atom. The number of nitrogens with zero attached hydrogens (tertiary/aromatic N) is 2. The fraction of sp³-hybridized carbons (Fsp3) is 0.357. The van der Waals surface area contributed by atoms with Crippen LogP contribution in [0.5, 0.6) is 0 Å². The summed E-state index contributed by atoms with van der Waals surface area (Å²) < 4.78 is 15.4. The van der Waals surface area contributed by atoms with Crippen molar-refractivity contribution in [3.05, 3.63) is 42.0 Å². The summed E-state index contributed by atoms with van der Waals surface area (Å²) in [5.74, 6) is 1.41. The Morgan fingerprint density at radius 3 is 3.12 bits per heavy atom. The molecule has 3 rings (SSSR count). The normalized spacial score (nSPS) is 19.1. The first-order valence-corrected chi connectivity index (χ1v) is 6.04. The van der Waals surface area contributed by atoms with Gasteiger partial charge < -0.3 is 4.57 Å². The van der Waals surface area contributed by atoms with Crippen LogP contribution in [0.2, 0.25) is 0 Å². The van der Waals surface area contributed by atoms with E-state index in [2.05, 4.69) is 16.5 Å². The highest BCUT2D eigenvalue weighted by molar-refractivity contribution is 5.56. The minimum Gasteiger partial charge on any atom is -0.328 e. The molecule has 0 aliphatic carbocycles. The van der Waals surface area contributed by atoms with E-state index in [4.69, 9.17) is 0 Å². The number of halogens is 1. The molecule has 1 aromatic carbocycles. The molecule has 3 heteroatoms. The van der Waals surface area contributed by atoms with Crippen LogP contribution in [0.15, 0.2) is 30.5 Å². The zero-order valence-electron chi connectivity index (χ0n) is 9.86. The van der Waals surface area contributed by atoms with E-state index in [1.807, 2.05) is 12.3 Å². The van der Waals surface area contributed by atoms with Crippen molar-refractivity contribution in [2.75, 3.05) is 0 Å². The van der Waals surface area contributed by atoms with E-state index >= 15 is 0 Å². The monoisotopic (exact) mass is 230 g/mol. The smallest absolute Gasteiger partial charge is 0.140 e. The van der Waals surface area contributed by atoms with Crippen LogP contribution in [-0.4, -0.2) is 9.55 Å². The van der Waals surface area contributed by atoms with Crippen LogP contribution < -0.4 is 0 Å². The maximum atomic E-state index is 13.2. The lowest BCUT2D eigenvalue weighted by Gasteiger charge is -2.21. The summed E-state index contributed by atoms with van der Waals surface area (Å²) in [6.07, 6.45) is 4.17. The Hall–Kier alpha value is -1.64. The summed E-state index contributed by atoms with van der Waals surface area (Å²) in [4.78, 5) is 4.44. The van der Waals surface area contributed by atoms with Crippen LogP contribution in [0.4, 0.5) is 4.39 Å². The van der Waals surface area contributed by atoms with Gasteiger partial charge in [0.05, 0.1) is 0 Å². The van der Waals surface area contributed by atoms with Crippen molar-refractivity contribution in [3.8, 4) is 11.4 Å². The van der Waals surface area contributed by atoms with Crippen molar-refractivity contribution >= 4 is 0 Å². The lowest BCUT2D eigenvalue weighted by molar-refractivity contribution is 0.419. The average molecular weight is 230 g/mol. The molecular weight excluding hydrogens is 215 g/mol. The molecule has 0 fully saturated rings. The second-order valence-electron chi connectivity index (χ2n) is 4.83. The lowest BCUT2D eigenvalue weighted by Crippen LogP contribution is -2.17. The number of imidazole rings is 1. The summed E-state index contributed by atoms with van der Waals surface area (Å²) in [5, 5.41) is 0. The van der Waals surface area contributed by atoms with Gasteiger partial charge in [-0.05, 0) is 30.9 Å². The van der Waals surface area contributed by atoms with E-state index in [1.165, 1.54) is 18.2 Å². The Bertz CT molecular complexity index is 545. The first kappa shape index (κ1) is 10.5. The topological polar surface area (TPSA) is 17.8 Å². The molecular formula is C14H15FN2. The molecule has 1 aliphatic rings. The quantitative estimate of drug-likeness (QED) is 0.735. The molecule has 0 amide bonds. The molecule has 1 aliphatic heterocycles. The Morgan fingerprint density at radius 2 is 2.29 bits per heavy atom. The van der Waals surface area contributed by atoms with Gasteiger partial charge in [-0.1, -0.05) is 19.1 Å². The number of fused-ring (bicyclic) bond motifs is 1. The third-order valence-electron chi connectivity index (χ3n) is 3.42. The fourth-order valence-electron chi connectivity index (χ4n) is 2.49. The molecule has 2 aromatic rings. The van der Waals surface area contributed by atoms with Crippen LogP contribution in [0.25, 0.3) is 11.4 Å². The molecule has 17 heavy (non-hydrogen) atoms. The minimum atomic E-state index is -0.205. The van der Waals surface area contributed by atoms with Gasteiger partial charge in [0.2, 0.25) is 0 Å². The molecule has 0 saturated heterocycles. The summed E-state index contributed by atoms with van der Waals surface area (Å²) >= 11 is 0. The van der Waals surface area contributed by atoms with Crippen LogP contribution in [0.1, 0.15) is 19.0 Å². The van der Waals surface area contributed by atoms with E-state index < -0.39 is 0 Å². The van der Waals surface area contributed by atoms with Gasteiger partial charge in [-0.2, -0.15) is 0 Å². The zero-order valence-corrected chi connectivity index (χ0v) is 9.86. The molecule has 1 aromatic heterocycles. The van der Waals surface area contributed by atoms with E-state index in [0.717, 1.165) is 30.3 Å². The van der Waals surface area contributed by atoms with Crippen LogP contribution in [0, 0.1) is 11.7 Å². The van der Waals surface area contributed by atoms with Crippen LogP contribution >= 0.6 is 0 Å². The summed E-state index contributed by atoms with van der Waals surface area (Å²) in [6, 6.07) is 6.66. The van der Waals surface area contributed by atoms with Gasteiger partial charge in [-0.15, -0.1) is 0 Å². The van der Waals surface area contributed by atoms with Crippen LogP contribution in [0.3, 0.4) is 0 Å². The molecule has 0 bridgehead atoms. The molecule has 1 unspecified atom stereocenters. The molecule has 2 heterocycles. The van der Waals surface area contributed by atoms with E-state index in [9.17, 15) is 4.39 Å². The largest absolute Gasteiger partial charge is 0.328 e. The second-order valence-corrected chi connectivity index (χ2v) is 4.83. The van der Waals surface area contributed by atoms with E-state index in [0.29, 0.717) is 0 Å². The van der Waals surface area contributed by atoms with Crippen LogP contribution in [-0.2, 0) is 13.0 Å². The van der Waals surface area contributed by atoms with E-state index in [-0.39, 0.29) is 5.82 Å². The Labute approximate surface area is 100 Å². The number of aromatic nitrogens is 2. The van der Waals surface area contributed by atoms with Gasteiger partial charge in [0.1, 0.15) is 11.6 Å². The van der Waals surface area contributed by atoms with Crippen molar-refractivity contribution in [3.63, 3.8) is 0 Å². The molecule has 0 radical (unpaired) electrons. The van der Waals surface area contributed by atoms with E-state index in [1.54, 1.807) is 12.1 Å². The van der Waals surface area contributed by atoms with Gasteiger partial charge in [-0.25, -0.2) is 9.37 Å². The summed E-state index contributed by atoms with van der Waals surface area (Å²) in [7, 11) is 0. The number of hydrogen-bond acceptors (Lipinski definition) is 1. The predicted molar refractivity (Wildman–Crippen MR) is 65.1 cm³/mol. The SMILES string of the molecule is CC1CCn2c(cnc2-c2cccc(F)c2)C1. The van der Waals surface area contributed by atoms with Crippen molar-refractivity contribution in [1.29, 1.82) is 0 Å². The van der Waals surface area contributed by atoms with Gasteiger partial charge >= 0.3 is 0 Å². The van der Waals surface area contributed by atoms with Gasteiger partial charge in [0.15, 0.2) is 0 Å². The second kappa shape index (κ2) is 3.99. The summed E-state index contributed by atoms with van der Waals surface area (Å²) in [6.45, 7) is 3.25. The minimum absolute atomic E-state index is 0.205. The first-order valence-electron chi connectivity index (χ1n) is 6.04. The lowest BCUT2D eigenvalue weighted by atomic mass is 9.98. The molecule has 0 saturated carbocycles. The Balaban J connectivity index is 2.05. The predicted octanol–water partition coefficient (Wildman–Crippen LogP) is 3.27. The Kier molecular flexibility index (Phi) is 2.46. The molecule has 1 atom stereocenters. The maximum Gasteiger partial charge on any atom is 0.140 e. The molecule has 88 valence electrons. The molecule has 0 N–H and O–H groups in total. The highest BCUT2D eigenvalue weighted by Gasteiger charge is 2.19. The third-order valence-corrected chi connectivity index (χ3v) is 3.42. The van der Waals surface area contributed by atoms with Crippen molar-refractivity contribution in [2.24, 2.45) is 5.92 Å². The number of hydrogen-bond donors (Lipinski definition) is 0. The first-order chi connectivity index (χ1) is 8.24. The highest BCUT2D eigenvalue weighted by atomic mass is 19.1. The maximum absolute atomic E-state index is 13.2. The number of rotatable bonds is 1. The number of benzene rings is 1. The van der Waals surface area contributed by atoms with Crippen molar-refractivity contribution < 1.29 is 4.39 Å². The molecule has 0 spiro atoms. The van der Waals surface area contributed by atoms with Gasteiger partial charge in [0.25, 0.3) is 0 Å². The van der Waals surface area contributed by atoms with Crippen molar-refractivity contribution in [1.82, 2.24) is 9.55 Å². The van der Waals surface area contributed by atoms with Crippen molar-refractivity contribution in [2.45, 2.75) is 26.3 Å². The highest BCUT2D eigenvalue weighted by Crippen LogP contribution is 2.27. The van der Waals surface area contributed by atoms with Gasteiger partial charge in [-0.3, -0.25) is 0 Å². The van der Waals surface area contributed by atoms with Gasteiger partial charge in [0, 0.05) is 24.0 Å².